The van der Waals surface area contributed by atoms with Crippen molar-refractivity contribution in [1.82, 2.24) is 5.32 Å². The molecule has 0 aromatic heterocycles. The molecule has 104 valence electrons. The third-order valence-electron chi connectivity index (χ3n) is 4.33. The topological polar surface area (TPSA) is 12.0 Å². The summed E-state index contributed by atoms with van der Waals surface area (Å²) >= 11 is 0. The van der Waals surface area contributed by atoms with E-state index in [-0.39, 0.29) is 5.56 Å². The summed E-state index contributed by atoms with van der Waals surface area (Å²) in [5.74, 6) is -2.45. The Morgan fingerprint density at radius 3 is 2.74 bits per heavy atom. The highest BCUT2D eigenvalue weighted by molar-refractivity contribution is 5.28. The maximum Gasteiger partial charge on any atom is 0.276 e. The molecule has 1 saturated carbocycles. The number of halogens is 2. The van der Waals surface area contributed by atoms with Gasteiger partial charge in [0.1, 0.15) is 0 Å². The Morgan fingerprint density at radius 1 is 1.21 bits per heavy atom. The van der Waals surface area contributed by atoms with E-state index in [1.165, 1.54) is 12.8 Å². The second-order valence-corrected chi connectivity index (χ2v) is 6.01. The lowest BCUT2D eigenvalue weighted by molar-refractivity contribution is -0.0286. The van der Waals surface area contributed by atoms with Crippen molar-refractivity contribution in [3.63, 3.8) is 0 Å². The lowest BCUT2D eigenvalue weighted by Gasteiger charge is -2.23. The first kappa shape index (κ1) is 13.0. The van der Waals surface area contributed by atoms with Crippen molar-refractivity contribution >= 4 is 0 Å². The number of hydrogen-bond acceptors (Lipinski definition) is 1. The third kappa shape index (κ3) is 2.97. The molecule has 1 saturated heterocycles. The van der Waals surface area contributed by atoms with E-state index in [1.807, 2.05) is 6.07 Å². The van der Waals surface area contributed by atoms with E-state index in [0.29, 0.717) is 18.8 Å². The average molecular weight is 265 g/mol. The van der Waals surface area contributed by atoms with Crippen LogP contribution in [0.2, 0.25) is 0 Å². The highest BCUT2D eigenvalue weighted by Crippen LogP contribution is 2.49. The summed E-state index contributed by atoms with van der Waals surface area (Å²) in [6, 6.07) is 7.09. The molecule has 0 spiro atoms. The van der Waals surface area contributed by atoms with E-state index >= 15 is 0 Å². The maximum absolute atomic E-state index is 14.1. The van der Waals surface area contributed by atoms with Gasteiger partial charge in [-0.1, -0.05) is 18.2 Å². The van der Waals surface area contributed by atoms with Gasteiger partial charge in [-0.25, -0.2) is 8.78 Å². The Balaban J connectivity index is 1.72. The molecule has 1 N–H and O–H groups in total. The van der Waals surface area contributed by atoms with Crippen LogP contribution in [0.5, 0.6) is 0 Å². The van der Waals surface area contributed by atoms with E-state index in [2.05, 4.69) is 5.32 Å². The van der Waals surface area contributed by atoms with Crippen LogP contribution in [0.4, 0.5) is 8.78 Å². The van der Waals surface area contributed by atoms with Gasteiger partial charge in [0.25, 0.3) is 5.92 Å². The van der Waals surface area contributed by atoms with Crippen molar-refractivity contribution in [2.75, 3.05) is 13.1 Å². The molecular weight excluding hydrogens is 244 g/mol. The highest BCUT2D eigenvalue weighted by atomic mass is 19.3. The molecule has 1 aliphatic heterocycles. The number of piperidine rings is 1. The molecule has 1 aromatic rings. The van der Waals surface area contributed by atoms with Gasteiger partial charge in [-0.05, 0) is 62.7 Å². The molecule has 1 aromatic carbocycles. The van der Waals surface area contributed by atoms with E-state index < -0.39 is 11.8 Å². The fourth-order valence-corrected chi connectivity index (χ4v) is 3.02. The smallest absolute Gasteiger partial charge is 0.276 e. The van der Waals surface area contributed by atoms with Gasteiger partial charge in [-0.3, -0.25) is 0 Å². The van der Waals surface area contributed by atoms with Crippen molar-refractivity contribution in [2.24, 2.45) is 11.8 Å². The van der Waals surface area contributed by atoms with Crippen molar-refractivity contribution in [3.05, 3.63) is 35.4 Å². The molecule has 3 heteroatoms. The molecule has 1 heterocycles. The van der Waals surface area contributed by atoms with Crippen molar-refractivity contribution in [2.45, 2.75) is 38.0 Å². The second kappa shape index (κ2) is 5.20. The molecule has 1 nitrogen and oxygen atoms in total. The average Bonchev–Trinajstić information content (AvgIpc) is 3.25. The normalized spacial score (nSPS) is 24.4. The minimum absolute atomic E-state index is 0.219. The van der Waals surface area contributed by atoms with Crippen molar-refractivity contribution in [1.29, 1.82) is 0 Å². The van der Waals surface area contributed by atoms with Crippen LogP contribution < -0.4 is 5.32 Å². The lowest BCUT2D eigenvalue weighted by atomic mass is 9.91. The summed E-state index contributed by atoms with van der Waals surface area (Å²) in [5.41, 5.74) is 1.28. The number of hydrogen-bond donors (Lipinski definition) is 1. The monoisotopic (exact) mass is 265 g/mol. The van der Waals surface area contributed by atoms with Crippen LogP contribution in [0.1, 0.15) is 36.8 Å². The van der Waals surface area contributed by atoms with Gasteiger partial charge in [0.2, 0.25) is 0 Å². The Labute approximate surface area is 113 Å². The summed E-state index contributed by atoms with van der Waals surface area (Å²) < 4.78 is 28.2. The van der Waals surface area contributed by atoms with E-state index in [9.17, 15) is 8.78 Å². The summed E-state index contributed by atoms with van der Waals surface area (Å²) in [6.07, 6.45) is 4.66. The molecule has 0 amide bonds. The number of nitrogens with one attached hydrogen (secondary N) is 1. The first-order valence-corrected chi connectivity index (χ1v) is 7.34. The molecule has 2 aliphatic rings. The van der Waals surface area contributed by atoms with Gasteiger partial charge in [0.15, 0.2) is 0 Å². The predicted octanol–water partition coefficient (Wildman–Crippen LogP) is 3.73. The molecule has 2 fully saturated rings. The number of benzene rings is 1. The zero-order chi connectivity index (χ0) is 13.3. The van der Waals surface area contributed by atoms with Gasteiger partial charge in [-0.2, -0.15) is 0 Å². The van der Waals surface area contributed by atoms with Crippen LogP contribution in [-0.2, 0) is 12.3 Å². The van der Waals surface area contributed by atoms with Crippen LogP contribution in [0.25, 0.3) is 0 Å². The quantitative estimate of drug-likeness (QED) is 0.874. The van der Waals surface area contributed by atoms with Gasteiger partial charge in [-0.15, -0.1) is 0 Å². The Morgan fingerprint density at radius 2 is 2.05 bits per heavy atom. The van der Waals surface area contributed by atoms with Gasteiger partial charge in [0, 0.05) is 11.5 Å². The Bertz CT molecular complexity index is 434. The van der Waals surface area contributed by atoms with Crippen molar-refractivity contribution < 1.29 is 8.78 Å². The molecular formula is C16H21F2N. The summed E-state index contributed by atoms with van der Waals surface area (Å²) in [7, 11) is 0. The van der Waals surface area contributed by atoms with E-state index in [1.54, 1.807) is 18.2 Å². The molecule has 1 atom stereocenters. The summed E-state index contributed by atoms with van der Waals surface area (Å²) in [6.45, 7) is 2.11. The minimum atomic E-state index is -2.62. The van der Waals surface area contributed by atoms with Gasteiger partial charge in [0.05, 0.1) is 0 Å². The number of alkyl halides is 2. The fraction of sp³-hybridized carbons (Fsp3) is 0.625. The number of rotatable bonds is 4. The standard InChI is InChI=1S/C16H21F2N/c17-16(18,14-6-7-14)15-5-1-3-12(10-15)9-13-4-2-8-19-11-13/h1,3,5,10,13-14,19H,2,4,6-9,11H2. The largest absolute Gasteiger partial charge is 0.316 e. The van der Waals surface area contributed by atoms with Crippen molar-refractivity contribution in [3.8, 4) is 0 Å². The summed E-state index contributed by atoms with van der Waals surface area (Å²) in [4.78, 5) is 0. The zero-order valence-corrected chi connectivity index (χ0v) is 11.2. The SMILES string of the molecule is FC(F)(c1cccc(CC2CCCNC2)c1)C1CC1. The van der Waals surface area contributed by atoms with Crippen LogP contribution >= 0.6 is 0 Å². The van der Waals surface area contributed by atoms with Gasteiger partial charge < -0.3 is 5.32 Å². The third-order valence-corrected chi connectivity index (χ3v) is 4.33. The highest BCUT2D eigenvalue weighted by Gasteiger charge is 2.47. The molecule has 1 aliphatic carbocycles. The first-order valence-electron chi connectivity index (χ1n) is 7.34. The first-order chi connectivity index (χ1) is 9.16. The molecule has 1 unspecified atom stereocenters. The van der Waals surface area contributed by atoms with Crippen LogP contribution in [-0.4, -0.2) is 13.1 Å². The van der Waals surface area contributed by atoms with E-state index in [4.69, 9.17) is 0 Å². The van der Waals surface area contributed by atoms with Crippen LogP contribution in [0.3, 0.4) is 0 Å². The zero-order valence-electron chi connectivity index (χ0n) is 11.2. The van der Waals surface area contributed by atoms with E-state index in [0.717, 1.165) is 25.1 Å². The molecule has 0 bridgehead atoms. The van der Waals surface area contributed by atoms with Gasteiger partial charge >= 0.3 is 0 Å². The minimum Gasteiger partial charge on any atom is -0.316 e. The summed E-state index contributed by atoms with van der Waals surface area (Å²) in [5, 5.41) is 3.38. The fourth-order valence-electron chi connectivity index (χ4n) is 3.02. The van der Waals surface area contributed by atoms with Crippen LogP contribution in [0, 0.1) is 11.8 Å². The lowest BCUT2D eigenvalue weighted by Crippen LogP contribution is -2.30. The maximum atomic E-state index is 14.1. The molecule has 0 radical (unpaired) electrons. The Hall–Kier alpha value is -0.960. The second-order valence-electron chi connectivity index (χ2n) is 6.01. The predicted molar refractivity (Wildman–Crippen MR) is 72.4 cm³/mol. The Kier molecular flexibility index (Phi) is 3.57. The van der Waals surface area contributed by atoms with Crippen LogP contribution in [0.15, 0.2) is 24.3 Å². The molecule has 19 heavy (non-hydrogen) atoms. The molecule has 3 rings (SSSR count).